The van der Waals surface area contributed by atoms with E-state index in [-0.39, 0.29) is 25.0 Å². The van der Waals surface area contributed by atoms with Crippen molar-refractivity contribution in [2.45, 2.75) is 44.4 Å². The van der Waals surface area contributed by atoms with Gasteiger partial charge in [-0.1, -0.05) is 18.2 Å². The Kier molecular flexibility index (Phi) is 6.50. The molecule has 0 aromatic heterocycles. The van der Waals surface area contributed by atoms with Crippen LogP contribution in [-0.2, 0) is 9.53 Å². The third kappa shape index (κ3) is 5.09. The smallest absolute Gasteiger partial charge is 0.323 e. The van der Waals surface area contributed by atoms with E-state index in [4.69, 9.17) is 14.6 Å². The fourth-order valence-electron chi connectivity index (χ4n) is 4.30. The lowest BCUT2D eigenvalue weighted by atomic mass is 9.94. The van der Waals surface area contributed by atoms with Crippen molar-refractivity contribution in [3.63, 3.8) is 0 Å². The van der Waals surface area contributed by atoms with E-state index in [0.29, 0.717) is 35.5 Å². The van der Waals surface area contributed by atoms with Crippen molar-refractivity contribution < 1.29 is 29.0 Å². The molecule has 3 amide bonds. The Morgan fingerprint density at radius 3 is 2.70 bits per heavy atom. The van der Waals surface area contributed by atoms with Crippen LogP contribution in [0.15, 0.2) is 42.5 Å². The number of ether oxygens (including phenoxy) is 2. The summed E-state index contributed by atoms with van der Waals surface area (Å²) in [6.07, 6.45) is 0.298. The van der Waals surface area contributed by atoms with Gasteiger partial charge in [-0.25, -0.2) is 4.79 Å². The Morgan fingerprint density at radius 1 is 1.15 bits per heavy atom. The molecule has 2 aliphatic heterocycles. The lowest BCUT2D eigenvalue weighted by Gasteiger charge is -2.42. The molecule has 3 atom stereocenters. The molecule has 1 saturated heterocycles. The van der Waals surface area contributed by atoms with Crippen LogP contribution in [0.25, 0.3) is 0 Å². The summed E-state index contributed by atoms with van der Waals surface area (Å²) in [5.41, 5.74) is 2.44. The van der Waals surface area contributed by atoms with Gasteiger partial charge in [0, 0.05) is 18.4 Å². The van der Waals surface area contributed by atoms with Gasteiger partial charge in [0.15, 0.2) is 0 Å². The summed E-state index contributed by atoms with van der Waals surface area (Å²) < 4.78 is 11.8. The van der Waals surface area contributed by atoms with E-state index < -0.39 is 24.2 Å². The van der Waals surface area contributed by atoms with E-state index >= 15 is 0 Å². The van der Waals surface area contributed by atoms with Gasteiger partial charge in [-0.3, -0.25) is 9.59 Å². The average molecular weight is 453 g/mol. The quantitative estimate of drug-likeness (QED) is 0.652. The van der Waals surface area contributed by atoms with Gasteiger partial charge in [0.1, 0.15) is 18.5 Å². The second kappa shape index (κ2) is 9.50. The van der Waals surface area contributed by atoms with Gasteiger partial charge < -0.3 is 30.1 Å². The summed E-state index contributed by atoms with van der Waals surface area (Å²) in [5.74, 6) is -0.770. The van der Waals surface area contributed by atoms with Crippen LogP contribution in [0.5, 0.6) is 5.75 Å². The van der Waals surface area contributed by atoms with Crippen molar-refractivity contribution in [2.24, 2.45) is 0 Å². The van der Waals surface area contributed by atoms with Crippen LogP contribution >= 0.6 is 0 Å². The Bertz CT molecular complexity index is 1070. The fraction of sp³-hybridized carbons (Fsp3) is 0.375. The van der Waals surface area contributed by atoms with Gasteiger partial charge in [-0.2, -0.15) is 0 Å². The Morgan fingerprint density at radius 2 is 1.94 bits per heavy atom. The maximum Gasteiger partial charge on any atom is 0.323 e. The van der Waals surface area contributed by atoms with E-state index in [1.807, 2.05) is 31.2 Å². The number of nitrogens with zero attached hydrogens (tertiary/aromatic N) is 1. The number of benzene rings is 2. The Balaban J connectivity index is 1.49. The fourth-order valence-corrected chi connectivity index (χ4v) is 4.30. The number of likely N-dealkylation sites (N-methyl/N-ethyl adjacent to an activating group) is 1. The zero-order chi connectivity index (χ0) is 23.5. The van der Waals surface area contributed by atoms with Crippen LogP contribution in [0.4, 0.5) is 16.2 Å². The predicted octanol–water partition coefficient (Wildman–Crippen LogP) is 3.49. The third-order valence-electron chi connectivity index (χ3n) is 6.07. The summed E-state index contributed by atoms with van der Waals surface area (Å²) in [5, 5.41) is 14.6. The number of amides is 3. The molecule has 0 unspecified atom stereocenters. The highest BCUT2D eigenvalue weighted by Crippen LogP contribution is 2.32. The van der Waals surface area contributed by atoms with Crippen molar-refractivity contribution in [1.29, 1.82) is 0 Å². The molecule has 9 heteroatoms. The minimum atomic E-state index is -0.911. The molecular formula is C24H27N3O6. The normalized spacial score (nSPS) is 22.2. The van der Waals surface area contributed by atoms with Gasteiger partial charge >= 0.3 is 12.0 Å². The number of hydrogen-bond donors (Lipinski definition) is 3. The number of rotatable bonds is 4. The molecule has 2 aromatic rings. The highest BCUT2D eigenvalue weighted by atomic mass is 16.5. The van der Waals surface area contributed by atoms with Crippen LogP contribution in [0.3, 0.4) is 0 Å². The summed E-state index contributed by atoms with van der Waals surface area (Å²) >= 11 is 0. The number of carbonyl (C=O) groups excluding carboxylic acids is 2. The van der Waals surface area contributed by atoms with Crippen LogP contribution in [0.2, 0.25) is 0 Å². The molecule has 2 aliphatic rings. The first kappa shape index (κ1) is 22.6. The number of hydrogen-bond acceptors (Lipinski definition) is 5. The topological polar surface area (TPSA) is 117 Å². The van der Waals surface area contributed by atoms with E-state index in [1.54, 1.807) is 30.1 Å². The largest absolute Gasteiger partial charge is 0.490 e. The SMILES string of the molecule is Cc1ccccc1NC(=O)Nc1ccc2c(c1)C(=O)N(C)[C@H]1CC[C@H](CC(=O)O)O[C@H]1CO2. The van der Waals surface area contributed by atoms with Crippen molar-refractivity contribution in [3.8, 4) is 5.75 Å². The van der Waals surface area contributed by atoms with Gasteiger partial charge in [0.2, 0.25) is 0 Å². The molecule has 1 fully saturated rings. The van der Waals surface area contributed by atoms with E-state index in [1.165, 1.54) is 0 Å². The average Bonchev–Trinajstić information content (AvgIpc) is 2.78. The van der Waals surface area contributed by atoms with Crippen molar-refractivity contribution in [3.05, 3.63) is 53.6 Å². The molecule has 0 aliphatic carbocycles. The number of fused-ring (bicyclic) bond motifs is 2. The zero-order valence-electron chi connectivity index (χ0n) is 18.5. The molecule has 3 N–H and O–H groups in total. The number of anilines is 2. The highest BCUT2D eigenvalue weighted by molar-refractivity contribution is 6.02. The molecule has 4 rings (SSSR count). The Labute approximate surface area is 191 Å². The molecule has 33 heavy (non-hydrogen) atoms. The van der Waals surface area contributed by atoms with Crippen molar-refractivity contribution >= 4 is 29.3 Å². The molecule has 9 nitrogen and oxygen atoms in total. The molecular weight excluding hydrogens is 426 g/mol. The highest BCUT2D eigenvalue weighted by Gasteiger charge is 2.39. The zero-order valence-corrected chi connectivity index (χ0v) is 18.5. The van der Waals surface area contributed by atoms with Crippen molar-refractivity contribution in [2.75, 3.05) is 24.3 Å². The minimum absolute atomic E-state index is 0.0724. The molecule has 0 spiro atoms. The molecule has 174 valence electrons. The summed E-state index contributed by atoms with van der Waals surface area (Å²) in [7, 11) is 1.71. The third-order valence-corrected chi connectivity index (χ3v) is 6.07. The number of para-hydroxylation sites is 1. The van der Waals surface area contributed by atoms with Gasteiger partial charge in [0.25, 0.3) is 5.91 Å². The summed E-state index contributed by atoms with van der Waals surface area (Å²) in [6, 6.07) is 11.7. The molecule has 0 saturated carbocycles. The number of aliphatic carboxylic acids is 1. The van der Waals surface area contributed by atoms with Crippen molar-refractivity contribution in [1.82, 2.24) is 4.90 Å². The van der Waals surface area contributed by atoms with E-state index in [2.05, 4.69) is 10.6 Å². The van der Waals surface area contributed by atoms with E-state index in [0.717, 1.165) is 5.56 Å². The van der Waals surface area contributed by atoms with Gasteiger partial charge in [-0.05, 0) is 49.6 Å². The van der Waals surface area contributed by atoms with E-state index in [9.17, 15) is 14.4 Å². The number of urea groups is 1. The number of carbonyl (C=O) groups is 3. The summed E-state index contributed by atoms with van der Waals surface area (Å²) in [6.45, 7) is 2.10. The Hall–Kier alpha value is -3.59. The molecule has 0 bridgehead atoms. The second-order valence-corrected chi connectivity index (χ2v) is 8.37. The number of carboxylic acids is 1. The first-order valence-corrected chi connectivity index (χ1v) is 10.9. The van der Waals surface area contributed by atoms with Gasteiger partial charge in [-0.15, -0.1) is 0 Å². The maximum absolute atomic E-state index is 13.2. The van der Waals surface area contributed by atoms with Crippen LogP contribution in [0.1, 0.15) is 35.2 Å². The first-order chi connectivity index (χ1) is 15.8. The van der Waals surface area contributed by atoms with Crippen LogP contribution < -0.4 is 15.4 Å². The minimum Gasteiger partial charge on any atom is -0.490 e. The second-order valence-electron chi connectivity index (χ2n) is 8.37. The van der Waals surface area contributed by atoms with Gasteiger partial charge in [0.05, 0.1) is 24.1 Å². The lowest BCUT2D eigenvalue weighted by molar-refractivity contribution is -0.148. The molecule has 2 aromatic carbocycles. The standard InChI is InChI=1S/C24H27N3O6/c1-14-5-3-4-6-18(14)26-24(31)25-15-7-10-20-17(11-15)23(30)27(2)19-9-8-16(12-22(28)29)33-21(19)13-32-20/h3-7,10-11,16,19,21H,8-9,12-13H2,1-2H3,(H,28,29)(H2,25,26,31)/t16-,19+,21+/m1/s1. The number of nitrogens with one attached hydrogen (secondary N) is 2. The molecule has 2 heterocycles. The first-order valence-electron chi connectivity index (χ1n) is 10.9. The lowest BCUT2D eigenvalue weighted by Crippen LogP contribution is -2.53. The van der Waals surface area contributed by atoms with Crippen LogP contribution in [-0.4, -0.2) is 59.8 Å². The maximum atomic E-state index is 13.2. The number of carboxylic acid groups (broad SMARTS) is 1. The van der Waals surface area contributed by atoms with Crippen LogP contribution in [0, 0.1) is 6.92 Å². The predicted molar refractivity (Wildman–Crippen MR) is 122 cm³/mol. The number of aryl methyl sites for hydroxylation is 1. The summed E-state index contributed by atoms with van der Waals surface area (Å²) in [4.78, 5) is 38.4. The molecule has 0 radical (unpaired) electrons. The monoisotopic (exact) mass is 453 g/mol.